The van der Waals surface area contributed by atoms with E-state index in [2.05, 4.69) is 51.2 Å². The summed E-state index contributed by atoms with van der Waals surface area (Å²) in [6.07, 6.45) is 7.37. The molecule has 0 aliphatic carbocycles. The average molecular weight is 309 g/mol. The Bertz CT molecular complexity index is 548. The molecule has 1 aromatic heterocycles. The highest BCUT2D eigenvalue weighted by Crippen LogP contribution is 2.07. The van der Waals surface area contributed by atoms with Gasteiger partial charge in [0, 0.05) is 45.1 Å². The fourth-order valence-electron chi connectivity index (χ4n) is 3.22. The second-order valence-electron chi connectivity index (χ2n) is 6.38. The van der Waals surface area contributed by atoms with E-state index in [1.165, 1.54) is 63.2 Å². The van der Waals surface area contributed by atoms with Crippen LogP contribution in [0.5, 0.6) is 0 Å². The van der Waals surface area contributed by atoms with Gasteiger partial charge in [-0.15, -0.1) is 0 Å². The zero-order chi connectivity index (χ0) is 15.7. The fraction of sp³-hybridized carbons (Fsp3) is 0.450. The number of aromatic nitrogens is 1. The van der Waals surface area contributed by atoms with E-state index in [9.17, 15) is 0 Å². The van der Waals surface area contributed by atoms with E-state index in [0.29, 0.717) is 0 Å². The zero-order valence-electron chi connectivity index (χ0n) is 13.9. The van der Waals surface area contributed by atoms with E-state index >= 15 is 0 Å². The first-order valence-electron chi connectivity index (χ1n) is 8.78. The Morgan fingerprint density at radius 3 is 2.13 bits per heavy atom. The van der Waals surface area contributed by atoms with Gasteiger partial charge in [0.2, 0.25) is 0 Å². The first-order valence-corrected chi connectivity index (χ1v) is 8.78. The van der Waals surface area contributed by atoms with Crippen LogP contribution in [0.4, 0.5) is 0 Å². The SMILES string of the molecule is c1ccc(CCN2CCN(CCCc3cccnc3)CC2)cc1. The minimum Gasteiger partial charge on any atom is -0.301 e. The second-order valence-corrected chi connectivity index (χ2v) is 6.38. The standard InChI is InChI=1S/C20H27N3/c1-2-6-19(7-3-1)10-13-23-16-14-22(15-17-23)12-5-9-20-8-4-11-21-18-20/h1-4,6-8,11,18H,5,9-10,12-17H2. The maximum absolute atomic E-state index is 4.19. The summed E-state index contributed by atoms with van der Waals surface area (Å²) in [6.45, 7) is 7.23. The molecule has 2 heterocycles. The molecule has 0 radical (unpaired) electrons. The highest BCUT2D eigenvalue weighted by atomic mass is 15.3. The van der Waals surface area contributed by atoms with Gasteiger partial charge in [-0.05, 0) is 43.0 Å². The molecule has 0 amide bonds. The third-order valence-electron chi connectivity index (χ3n) is 4.69. The van der Waals surface area contributed by atoms with E-state index in [0.717, 1.165) is 6.42 Å². The molecule has 0 spiro atoms. The number of rotatable bonds is 7. The monoisotopic (exact) mass is 309 g/mol. The van der Waals surface area contributed by atoms with Gasteiger partial charge in [-0.25, -0.2) is 0 Å². The van der Waals surface area contributed by atoms with Crippen LogP contribution < -0.4 is 0 Å². The lowest BCUT2D eigenvalue weighted by molar-refractivity contribution is 0.132. The molecule has 2 aromatic rings. The predicted octanol–water partition coefficient (Wildman–Crippen LogP) is 2.87. The van der Waals surface area contributed by atoms with Crippen LogP contribution in [0, 0.1) is 0 Å². The molecule has 1 aromatic carbocycles. The molecule has 3 rings (SSSR count). The van der Waals surface area contributed by atoms with Gasteiger partial charge < -0.3 is 9.80 Å². The van der Waals surface area contributed by atoms with Gasteiger partial charge >= 0.3 is 0 Å². The lowest BCUT2D eigenvalue weighted by Crippen LogP contribution is -2.47. The number of piperazine rings is 1. The number of benzene rings is 1. The number of aryl methyl sites for hydroxylation is 1. The summed E-state index contributed by atoms with van der Waals surface area (Å²) in [5.74, 6) is 0. The molecular weight excluding hydrogens is 282 g/mol. The van der Waals surface area contributed by atoms with Crippen LogP contribution in [0.2, 0.25) is 0 Å². The van der Waals surface area contributed by atoms with Gasteiger partial charge in [0.25, 0.3) is 0 Å². The van der Waals surface area contributed by atoms with Crippen molar-refractivity contribution in [2.75, 3.05) is 39.3 Å². The quantitative estimate of drug-likeness (QED) is 0.784. The van der Waals surface area contributed by atoms with Crippen molar-refractivity contribution in [2.24, 2.45) is 0 Å². The average Bonchev–Trinajstić information content (AvgIpc) is 2.63. The molecule has 0 saturated carbocycles. The summed E-state index contributed by atoms with van der Waals surface area (Å²) in [5, 5.41) is 0. The summed E-state index contributed by atoms with van der Waals surface area (Å²) < 4.78 is 0. The molecule has 3 heteroatoms. The highest BCUT2D eigenvalue weighted by molar-refractivity contribution is 5.14. The van der Waals surface area contributed by atoms with E-state index in [4.69, 9.17) is 0 Å². The van der Waals surface area contributed by atoms with Crippen molar-refractivity contribution in [1.82, 2.24) is 14.8 Å². The number of pyridine rings is 1. The number of nitrogens with zero attached hydrogens (tertiary/aromatic N) is 3. The molecule has 1 fully saturated rings. The van der Waals surface area contributed by atoms with Gasteiger partial charge in [-0.2, -0.15) is 0 Å². The molecule has 0 atom stereocenters. The van der Waals surface area contributed by atoms with Gasteiger partial charge in [0.15, 0.2) is 0 Å². The Morgan fingerprint density at radius 2 is 1.43 bits per heavy atom. The summed E-state index contributed by atoms with van der Waals surface area (Å²) >= 11 is 0. The Labute approximate surface area is 140 Å². The smallest absolute Gasteiger partial charge is 0.0299 e. The minimum atomic E-state index is 1.14. The highest BCUT2D eigenvalue weighted by Gasteiger charge is 2.15. The van der Waals surface area contributed by atoms with Crippen LogP contribution >= 0.6 is 0 Å². The van der Waals surface area contributed by atoms with Crippen LogP contribution in [0.25, 0.3) is 0 Å². The third-order valence-corrected chi connectivity index (χ3v) is 4.69. The fourth-order valence-corrected chi connectivity index (χ4v) is 3.22. The largest absolute Gasteiger partial charge is 0.301 e. The normalized spacial score (nSPS) is 16.5. The minimum absolute atomic E-state index is 1.14. The van der Waals surface area contributed by atoms with E-state index in [1.54, 1.807) is 0 Å². The van der Waals surface area contributed by atoms with Crippen molar-refractivity contribution < 1.29 is 0 Å². The number of hydrogen-bond donors (Lipinski definition) is 0. The Hall–Kier alpha value is -1.71. The maximum atomic E-state index is 4.19. The molecule has 122 valence electrons. The molecule has 0 N–H and O–H groups in total. The summed E-state index contributed by atoms with van der Waals surface area (Å²) in [4.78, 5) is 9.39. The van der Waals surface area contributed by atoms with Crippen molar-refractivity contribution in [3.8, 4) is 0 Å². The summed E-state index contributed by atoms with van der Waals surface area (Å²) in [6, 6.07) is 15.0. The van der Waals surface area contributed by atoms with Crippen molar-refractivity contribution in [3.05, 3.63) is 66.0 Å². The van der Waals surface area contributed by atoms with Crippen molar-refractivity contribution in [2.45, 2.75) is 19.3 Å². The van der Waals surface area contributed by atoms with Gasteiger partial charge in [-0.1, -0.05) is 36.4 Å². The number of hydrogen-bond acceptors (Lipinski definition) is 3. The first-order chi connectivity index (χ1) is 11.4. The Morgan fingerprint density at radius 1 is 0.739 bits per heavy atom. The topological polar surface area (TPSA) is 19.4 Å². The van der Waals surface area contributed by atoms with E-state index < -0.39 is 0 Å². The maximum Gasteiger partial charge on any atom is 0.0299 e. The Balaban J connectivity index is 1.31. The van der Waals surface area contributed by atoms with Crippen molar-refractivity contribution in [1.29, 1.82) is 0 Å². The molecule has 1 saturated heterocycles. The van der Waals surface area contributed by atoms with Crippen molar-refractivity contribution >= 4 is 0 Å². The lowest BCUT2D eigenvalue weighted by Gasteiger charge is -2.34. The van der Waals surface area contributed by atoms with Crippen molar-refractivity contribution in [3.63, 3.8) is 0 Å². The van der Waals surface area contributed by atoms with E-state index in [1.807, 2.05) is 18.5 Å². The molecular formula is C20H27N3. The van der Waals surface area contributed by atoms with Crippen LogP contribution in [-0.2, 0) is 12.8 Å². The van der Waals surface area contributed by atoms with Gasteiger partial charge in [0.05, 0.1) is 0 Å². The van der Waals surface area contributed by atoms with Crippen LogP contribution in [-0.4, -0.2) is 54.1 Å². The molecule has 1 aliphatic rings. The third kappa shape index (κ3) is 5.45. The van der Waals surface area contributed by atoms with Crippen LogP contribution in [0.3, 0.4) is 0 Å². The van der Waals surface area contributed by atoms with E-state index in [-0.39, 0.29) is 0 Å². The zero-order valence-corrected chi connectivity index (χ0v) is 13.9. The molecule has 3 nitrogen and oxygen atoms in total. The second kappa shape index (κ2) is 8.80. The predicted molar refractivity (Wildman–Crippen MR) is 95.6 cm³/mol. The first kappa shape index (κ1) is 16.2. The van der Waals surface area contributed by atoms with Gasteiger partial charge in [0.1, 0.15) is 0 Å². The van der Waals surface area contributed by atoms with Crippen LogP contribution in [0.1, 0.15) is 17.5 Å². The Kier molecular flexibility index (Phi) is 6.18. The molecule has 23 heavy (non-hydrogen) atoms. The van der Waals surface area contributed by atoms with Crippen LogP contribution in [0.15, 0.2) is 54.9 Å². The molecule has 0 unspecified atom stereocenters. The molecule has 0 bridgehead atoms. The lowest BCUT2D eigenvalue weighted by atomic mass is 10.1. The summed E-state index contributed by atoms with van der Waals surface area (Å²) in [7, 11) is 0. The van der Waals surface area contributed by atoms with Gasteiger partial charge in [-0.3, -0.25) is 4.98 Å². The summed E-state index contributed by atoms with van der Waals surface area (Å²) in [5.41, 5.74) is 2.81. The molecule has 1 aliphatic heterocycles.